The third-order valence-electron chi connectivity index (χ3n) is 8.42. The van der Waals surface area contributed by atoms with E-state index in [0.717, 1.165) is 18.2 Å². The number of aromatic amines is 2. The van der Waals surface area contributed by atoms with Gasteiger partial charge in [0.05, 0.1) is 17.8 Å². The molecule has 5 aromatic rings. The smallest absolute Gasteiger partial charge is 0.303 e. The number of rotatable bonds is 4. The van der Waals surface area contributed by atoms with Crippen LogP contribution in [0.3, 0.4) is 0 Å². The molecular formula is C35H33F3N6O3. The summed E-state index contributed by atoms with van der Waals surface area (Å²) in [7, 11) is 0. The van der Waals surface area contributed by atoms with E-state index >= 15 is 13.2 Å². The van der Waals surface area contributed by atoms with Gasteiger partial charge in [-0.2, -0.15) is 5.10 Å². The molecule has 9 nitrogen and oxygen atoms in total. The number of ether oxygens (including phenoxy) is 1. The lowest BCUT2D eigenvalue weighted by Gasteiger charge is -2.18. The number of H-pyrrole nitrogens is 2. The fourth-order valence-corrected chi connectivity index (χ4v) is 6.03. The molecule has 4 bridgehead atoms. The lowest BCUT2D eigenvalue weighted by Crippen LogP contribution is -2.08. The molecule has 2 aromatic heterocycles. The minimum absolute atomic E-state index is 0.0468. The van der Waals surface area contributed by atoms with Crippen molar-refractivity contribution in [2.45, 2.75) is 57.4 Å². The second-order valence-corrected chi connectivity index (χ2v) is 11.5. The van der Waals surface area contributed by atoms with E-state index in [9.17, 15) is 4.79 Å². The van der Waals surface area contributed by atoms with Gasteiger partial charge in [0.15, 0.2) is 11.6 Å². The SMILES string of the molecule is N/N=C1\C=NCc2c(c(F)cc3[nH]ccc23)Oc2ccc(F)c(c2)-c2ncc([nH]2)C(c2cccc(CCC(=O)O)c2F)CCCCC1. The highest BCUT2D eigenvalue weighted by atomic mass is 19.1. The lowest BCUT2D eigenvalue weighted by atomic mass is 9.88. The van der Waals surface area contributed by atoms with E-state index in [0.29, 0.717) is 52.9 Å². The highest BCUT2D eigenvalue weighted by Crippen LogP contribution is 2.38. The minimum Gasteiger partial charge on any atom is -0.481 e. The number of benzene rings is 3. The number of aromatic nitrogens is 3. The second kappa shape index (κ2) is 13.9. The molecule has 1 aliphatic heterocycles. The van der Waals surface area contributed by atoms with Gasteiger partial charge >= 0.3 is 5.97 Å². The summed E-state index contributed by atoms with van der Waals surface area (Å²) in [6.07, 6.45) is 7.99. The number of imidazole rings is 1. The van der Waals surface area contributed by atoms with Crippen molar-refractivity contribution in [3.8, 4) is 22.9 Å². The van der Waals surface area contributed by atoms with Gasteiger partial charge in [0.2, 0.25) is 0 Å². The first kappa shape index (κ1) is 31.6. The monoisotopic (exact) mass is 642 g/mol. The number of fused-ring (bicyclic) bond motifs is 8. The zero-order chi connectivity index (χ0) is 32.9. The van der Waals surface area contributed by atoms with Gasteiger partial charge < -0.3 is 25.7 Å². The number of hydrogen-bond acceptors (Lipinski definition) is 6. The summed E-state index contributed by atoms with van der Waals surface area (Å²) in [5.74, 6) is 2.83. The number of aliphatic imine (C=N–C) groups is 1. The van der Waals surface area contributed by atoms with Gasteiger partial charge in [-0.15, -0.1) is 0 Å². The maximum Gasteiger partial charge on any atom is 0.303 e. The van der Waals surface area contributed by atoms with Crippen LogP contribution in [0.5, 0.6) is 11.5 Å². The van der Waals surface area contributed by atoms with Gasteiger partial charge in [-0.25, -0.2) is 18.2 Å². The van der Waals surface area contributed by atoms with Crippen LogP contribution in [-0.2, 0) is 17.8 Å². The first-order chi connectivity index (χ1) is 22.8. The van der Waals surface area contributed by atoms with E-state index < -0.39 is 29.3 Å². The molecule has 0 radical (unpaired) electrons. The molecule has 0 aliphatic carbocycles. The Hall–Kier alpha value is -5.39. The summed E-state index contributed by atoms with van der Waals surface area (Å²) in [6.45, 7) is 0.0782. The molecule has 5 N–H and O–H groups in total. The van der Waals surface area contributed by atoms with Crippen molar-refractivity contribution in [2.75, 3.05) is 0 Å². The maximum atomic E-state index is 15.9. The Morgan fingerprint density at radius 1 is 1.09 bits per heavy atom. The number of carbonyl (C=O) groups is 1. The number of halogens is 3. The van der Waals surface area contributed by atoms with Crippen LogP contribution in [0.4, 0.5) is 13.2 Å². The number of hydrazone groups is 1. The van der Waals surface area contributed by atoms with E-state index in [1.54, 1.807) is 36.8 Å². The zero-order valence-corrected chi connectivity index (χ0v) is 25.4. The molecule has 47 heavy (non-hydrogen) atoms. The Morgan fingerprint density at radius 3 is 2.79 bits per heavy atom. The second-order valence-electron chi connectivity index (χ2n) is 11.5. The van der Waals surface area contributed by atoms with Crippen LogP contribution in [0.25, 0.3) is 22.3 Å². The number of nitrogens with two attached hydrogens (primary N) is 1. The fraction of sp³-hybridized carbons (Fsp3) is 0.257. The van der Waals surface area contributed by atoms with Crippen molar-refractivity contribution in [1.82, 2.24) is 15.0 Å². The van der Waals surface area contributed by atoms with Crippen LogP contribution in [0.2, 0.25) is 0 Å². The molecular weight excluding hydrogens is 609 g/mol. The number of hydrogen-bond donors (Lipinski definition) is 4. The number of nitrogens with one attached hydrogen (secondary N) is 2. The van der Waals surface area contributed by atoms with E-state index in [2.05, 4.69) is 25.0 Å². The van der Waals surface area contributed by atoms with E-state index in [1.165, 1.54) is 24.3 Å². The predicted molar refractivity (Wildman–Crippen MR) is 173 cm³/mol. The predicted octanol–water partition coefficient (Wildman–Crippen LogP) is 7.77. The minimum atomic E-state index is -1.01. The van der Waals surface area contributed by atoms with Gasteiger partial charge in [-0.1, -0.05) is 31.0 Å². The highest BCUT2D eigenvalue weighted by molar-refractivity contribution is 6.30. The first-order valence-electron chi connectivity index (χ1n) is 15.4. The largest absolute Gasteiger partial charge is 0.481 e. The standard InChI is InChI=1S/C35H33F3N6O3/c36-28-11-10-22-15-26(28)35-42-19-31(43-35)23(25-8-4-5-20(33(25)38)9-12-32(45)46)7-3-1-2-6-21(44-39)17-40-18-27-24-13-14-41-30(24)16-29(37)34(27)47-22/h4-5,8,10-11,13-17,19,23,41H,1-3,6-7,9,12,18,39H2,(H,42,43)(H,45,46)/b40-17?,44-21-. The van der Waals surface area contributed by atoms with Gasteiger partial charge in [0.25, 0.3) is 0 Å². The van der Waals surface area contributed by atoms with Crippen LogP contribution in [-0.4, -0.2) is 38.0 Å². The lowest BCUT2D eigenvalue weighted by molar-refractivity contribution is -0.136. The van der Waals surface area contributed by atoms with Crippen LogP contribution in [0.1, 0.15) is 66.8 Å². The zero-order valence-electron chi connectivity index (χ0n) is 25.4. The van der Waals surface area contributed by atoms with Crippen molar-refractivity contribution in [1.29, 1.82) is 0 Å². The molecule has 0 spiro atoms. The van der Waals surface area contributed by atoms with Crippen molar-refractivity contribution < 1.29 is 27.8 Å². The third kappa shape index (κ3) is 6.91. The van der Waals surface area contributed by atoms with E-state index in [1.807, 2.05) is 6.07 Å². The van der Waals surface area contributed by atoms with E-state index in [-0.39, 0.29) is 42.3 Å². The van der Waals surface area contributed by atoms with Crippen LogP contribution >= 0.6 is 0 Å². The van der Waals surface area contributed by atoms with Gasteiger partial charge in [-0.3, -0.25) is 9.79 Å². The molecule has 6 rings (SSSR count). The first-order valence-corrected chi connectivity index (χ1v) is 15.4. The Labute approximate surface area is 268 Å². The third-order valence-corrected chi connectivity index (χ3v) is 8.42. The Balaban J connectivity index is 1.42. The molecule has 1 atom stereocenters. The molecule has 0 amide bonds. The summed E-state index contributed by atoms with van der Waals surface area (Å²) in [5.41, 5.74) is 3.01. The number of carboxylic acids is 1. The Morgan fingerprint density at radius 2 is 1.96 bits per heavy atom. The molecule has 0 fully saturated rings. The summed E-state index contributed by atoms with van der Waals surface area (Å²) >= 11 is 0. The van der Waals surface area contributed by atoms with Crippen molar-refractivity contribution >= 4 is 28.8 Å². The maximum absolute atomic E-state index is 15.9. The summed E-state index contributed by atoms with van der Waals surface area (Å²) < 4.78 is 52.7. The topological polar surface area (TPSA) is 142 Å². The molecule has 1 aliphatic rings. The van der Waals surface area contributed by atoms with Gasteiger partial charge in [0.1, 0.15) is 23.2 Å². The molecule has 0 saturated carbocycles. The number of aryl methyl sites for hydroxylation is 1. The highest BCUT2D eigenvalue weighted by Gasteiger charge is 2.24. The molecule has 1 unspecified atom stereocenters. The van der Waals surface area contributed by atoms with Crippen LogP contribution < -0.4 is 10.6 Å². The molecule has 3 aromatic carbocycles. The average Bonchev–Trinajstić information content (AvgIpc) is 3.73. The summed E-state index contributed by atoms with van der Waals surface area (Å²) in [6, 6.07) is 12.2. The van der Waals surface area contributed by atoms with Gasteiger partial charge in [-0.05, 0) is 61.1 Å². The quantitative estimate of drug-likeness (QED) is 0.117. The Bertz CT molecular complexity index is 1980. The van der Waals surface area contributed by atoms with Crippen LogP contribution in [0, 0.1) is 17.5 Å². The summed E-state index contributed by atoms with van der Waals surface area (Å²) in [4.78, 5) is 26.3. The van der Waals surface area contributed by atoms with Crippen molar-refractivity contribution in [2.24, 2.45) is 15.9 Å². The van der Waals surface area contributed by atoms with Crippen molar-refractivity contribution in [3.05, 3.63) is 101 Å². The Kier molecular flexibility index (Phi) is 9.37. The van der Waals surface area contributed by atoms with Crippen molar-refractivity contribution in [3.63, 3.8) is 0 Å². The van der Waals surface area contributed by atoms with Gasteiger partial charge in [0, 0.05) is 59.2 Å². The summed E-state index contributed by atoms with van der Waals surface area (Å²) in [5, 5.41) is 13.7. The normalized spacial score (nSPS) is 16.7. The number of carboxylic acid groups (broad SMARTS) is 1. The molecule has 12 heteroatoms. The molecule has 242 valence electrons. The molecule has 0 saturated heterocycles. The van der Waals surface area contributed by atoms with E-state index in [4.69, 9.17) is 15.7 Å². The fourth-order valence-electron chi connectivity index (χ4n) is 6.03. The average molecular weight is 643 g/mol. The number of nitrogens with zero attached hydrogens (tertiary/aromatic N) is 3. The molecule has 3 heterocycles. The number of aliphatic carboxylic acids is 1. The van der Waals surface area contributed by atoms with Crippen LogP contribution in [0.15, 0.2) is 71.0 Å².